The molecule has 0 aliphatic heterocycles. The van der Waals surface area contributed by atoms with E-state index < -0.39 is 21.4 Å². The lowest BCUT2D eigenvalue weighted by Gasteiger charge is -2.01. The number of aliphatic hydroxyl groups excluding tert-OH is 2. The predicted octanol–water partition coefficient (Wildman–Crippen LogP) is 3.57. The minimum atomic E-state index is -0.753. The zero-order chi connectivity index (χ0) is 14.9. The van der Waals surface area contributed by atoms with Gasteiger partial charge in [-0.2, -0.15) is 0 Å². The third-order valence-electron chi connectivity index (χ3n) is 2.34. The van der Waals surface area contributed by atoms with Crippen LogP contribution in [0, 0.1) is 20.2 Å². The molecule has 0 aliphatic rings. The molecule has 0 aliphatic carbocycles. The smallest absolute Gasteiger partial charge is 0.291 e. The summed E-state index contributed by atoms with van der Waals surface area (Å²) in [5.74, 6) is -1.51. The van der Waals surface area contributed by atoms with Crippen LogP contribution in [0.15, 0.2) is 22.9 Å². The third-order valence-corrected chi connectivity index (χ3v) is 4.16. The van der Waals surface area contributed by atoms with Crippen molar-refractivity contribution < 1.29 is 20.1 Å². The summed E-state index contributed by atoms with van der Waals surface area (Å²) in [7, 11) is 0. The molecular weight excluding hydrogens is 308 g/mol. The quantitative estimate of drug-likeness (QED) is 0.504. The van der Waals surface area contributed by atoms with E-state index in [2.05, 4.69) is 0 Å². The Bertz CT molecular complexity index is 657. The average molecular weight is 314 g/mol. The minimum Gasteiger partial charge on any atom is -0.503 e. The Morgan fingerprint density at radius 3 is 1.55 bits per heavy atom. The zero-order valence-corrected chi connectivity index (χ0v) is 11.2. The highest BCUT2D eigenvalue weighted by atomic mass is 32.1. The Balaban J connectivity index is 2.56. The molecule has 0 atom stereocenters. The van der Waals surface area contributed by atoms with E-state index in [1.54, 1.807) is 0 Å². The number of nitrogens with zero attached hydrogens (tertiary/aromatic N) is 2. The zero-order valence-electron chi connectivity index (χ0n) is 9.55. The molecule has 0 radical (unpaired) electrons. The molecule has 2 heterocycles. The number of aliphatic hydroxyl groups is 2. The Morgan fingerprint density at radius 1 is 0.900 bits per heavy atom. The number of hydrogen-bond donors (Lipinski definition) is 2. The highest BCUT2D eigenvalue weighted by molar-refractivity contribution is 7.12. The number of nitro groups is 2. The molecule has 2 aromatic heterocycles. The monoisotopic (exact) mass is 314 g/mol. The Kier molecular flexibility index (Phi) is 3.68. The minimum absolute atomic E-state index is 0.157. The second-order valence-corrected chi connectivity index (χ2v) is 5.31. The highest BCUT2D eigenvalue weighted by Crippen LogP contribution is 2.37. The van der Waals surface area contributed by atoms with Crippen LogP contribution in [0.1, 0.15) is 9.75 Å². The molecule has 104 valence electrons. The van der Waals surface area contributed by atoms with E-state index in [1.807, 2.05) is 0 Å². The summed E-state index contributed by atoms with van der Waals surface area (Å²) in [5.41, 5.74) is -0.753. The molecule has 0 spiro atoms. The van der Waals surface area contributed by atoms with Crippen LogP contribution in [0.3, 0.4) is 0 Å². The molecule has 8 nitrogen and oxygen atoms in total. The summed E-state index contributed by atoms with van der Waals surface area (Å²) in [6, 6.07) is 2.35. The Morgan fingerprint density at radius 2 is 1.25 bits per heavy atom. The molecule has 2 rings (SSSR count). The lowest BCUT2D eigenvalue weighted by atomic mass is 10.2. The molecule has 2 N–H and O–H groups in total. The van der Waals surface area contributed by atoms with E-state index in [0.717, 1.165) is 22.7 Å². The standard InChI is InChI=1S/C10H6N2O6S2/c13-7(9-5(11(15)16)1-3-19-9)8(14)10-6(12(17)18)2-4-20-10/h1-4,13-14H/b8-7+. The lowest BCUT2D eigenvalue weighted by Crippen LogP contribution is -1.95. The number of rotatable bonds is 4. The molecule has 0 fully saturated rings. The second kappa shape index (κ2) is 5.27. The van der Waals surface area contributed by atoms with Crippen molar-refractivity contribution in [1.82, 2.24) is 0 Å². The van der Waals surface area contributed by atoms with Crippen molar-refractivity contribution in [2.75, 3.05) is 0 Å². The largest absolute Gasteiger partial charge is 0.503 e. The van der Waals surface area contributed by atoms with Gasteiger partial charge in [0.2, 0.25) is 0 Å². The maximum atomic E-state index is 10.8. The maximum absolute atomic E-state index is 10.8. The molecule has 0 saturated carbocycles. The van der Waals surface area contributed by atoms with Crippen LogP contribution in [0.2, 0.25) is 0 Å². The summed E-state index contributed by atoms with van der Waals surface area (Å²) in [6.07, 6.45) is 0. The Hall–Kier alpha value is -2.46. The van der Waals surface area contributed by atoms with Crippen molar-refractivity contribution >= 4 is 45.6 Å². The van der Waals surface area contributed by atoms with E-state index in [4.69, 9.17) is 0 Å². The van der Waals surface area contributed by atoms with E-state index in [0.29, 0.717) is 0 Å². The van der Waals surface area contributed by atoms with Gasteiger partial charge in [-0.1, -0.05) is 0 Å². The van der Waals surface area contributed by atoms with Crippen molar-refractivity contribution in [1.29, 1.82) is 0 Å². The lowest BCUT2D eigenvalue weighted by molar-refractivity contribution is -0.385. The highest BCUT2D eigenvalue weighted by Gasteiger charge is 2.26. The first-order valence-corrected chi connectivity index (χ1v) is 6.76. The van der Waals surface area contributed by atoms with E-state index in [9.17, 15) is 30.4 Å². The van der Waals surface area contributed by atoms with Crippen LogP contribution >= 0.6 is 22.7 Å². The third kappa shape index (κ3) is 2.33. The van der Waals surface area contributed by atoms with Crippen molar-refractivity contribution in [3.63, 3.8) is 0 Å². The van der Waals surface area contributed by atoms with Crippen molar-refractivity contribution in [2.45, 2.75) is 0 Å². The van der Waals surface area contributed by atoms with Crippen molar-refractivity contribution in [2.24, 2.45) is 0 Å². The molecule has 0 aromatic carbocycles. The van der Waals surface area contributed by atoms with Gasteiger partial charge in [0, 0.05) is 12.1 Å². The molecule has 10 heteroatoms. The summed E-state index contributed by atoms with van der Waals surface area (Å²) in [6.45, 7) is 0. The molecule has 0 unspecified atom stereocenters. The van der Waals surface area contributed by atoms with Crippen molar-refractivity contribution in [3.05, 3.63) is 52.9 Å². The van der Waals surface area contributed by atoms with Crippen LogP contribution in [-0.2, 0) is 0 Å². The fourth-order valence-electron chi connectivity index (χ4n) is 1.46. The van der Waals surface area contributed by atoms with Crippen LogP contribution in [0.4, 0.5) is 11.4 Å². The maximum Gasteiger partial charge on any atom is 0.291 e. The number of hydrogen-bond acceptors (Lipinski definition) is 8. The van der Waals surface area contributed by atoms with Gasteiger partial charge in [-0.05, 0) is 10.8 Å². The van der Waals surface area contributed by atoms with E-state index >= 15 is 0 Å². The van der Waals surface area contributed by atoms with Crippen LogP contribution in [0.5, 0.6) is 0 Å². The molecule has 0 bridgehead atoms. The van der Waals surface area contributed by atoms with Gasteiger partial charge in [-0.3, -0.25) is 20.2 Å². The van der Waals surface area contributed by atoms with Gasteiger partial charge < -0.3 is 10.2 Å². The molecule has 0 amide bonds. The van der Waals surface area contributed by atoms with E-state index in [1.165, 1.54) is 22.9 Å². The van der Waals surface area contributed by atoms with Gasteiger partial charge in [0.25, 0.3) is 11.4 Å². The van der Waals surface area contributed by atoms with Gasteiger partial charge in [-0.25, -0.2) is 0 Å². The Labute approximate surface area is 119 Å². The average Bonchev–Trinajstić information content (AvgIpc) is 3.05. The normalized spacial score (nSPS) is 12.0. The van der Waals surface area contributed by atoms with Crippen LogP contribution < -0.4 is 0 Å². The summed E-state index contributed by atoms with van der Waals surface area (Å²) >= 11 is 1.70. The van der Waals surface area contributed by atoms with Gasteiger partial charge >= 0.3 is 0 Å². The molecular formula is C10H6N2O6S2. The van der Waals surface area contributed by atoms with Crippen molar-refractivity contribution in [3.8, 4) is 0 Å². The summed E-state index contributed by atoms with van der Waals surface area (Å²) in [4.78, 5) is 19.8. The first-order chi connectivity index (χ1) is 9.43. The second-order valence-electron chi connectivity index (χ2n) is 3.48. The molecule has 2 aromatic rings. The first kappa shape index (κ1) is 14.0. The topological polar surface area (TPSA) is 127 Å². The summed E-state index contributed by atoms with van der Waals surface area (Å²) < 4.78 is 0. The summed E-state index contributed by atoms with van der Waals surface area (Å²) in [5, 5.41) is 44.1. The fourth-order valence-corrected chi connectivity index (χ4v) is 3.07. The van der Waals surface area contributed by atoms with Gasteiger partial charge in [0.1, 0.15) is 0 Å². The fraction of sp³-hybridized carbons (Fsp3) is 0. The molecule has 0 saturated heterocycles. The first-order valence-electron chi connectivity index (χ1n) is 5.00. The van der Waals surface area contributed by atoms with Crippen LogP contribution in [-0.4, -0.2) is 20.1 Å². The van der Waals surface area contributed by atoms with E-state index in [-0.39, 0.29) is 21.1 Å². The van der Waals surface area contributed by atoms with Gasteiger partial charge in [0.15, 0.2) is 21.3 Å². The van der Waals surface area contributed by atoms with Gasteiger partial charge in [0.05, 0.1) is 9.85 Å². The van der Waals surface area contributed by atoms with Gasteiger partial charge in [-0.15, -0.1) is 22.7 Å². The number of thiophene rings is 2. The predicted molar refractivity (Wildman–Crippen MR) is 74.0 cm³/mol. The molecule has 20 heavy (non-hydrogen) atoms. The van der Waals surface area contributed by atoms with Crippen LogP contribution in [0.25, 0.3) is 11.5 Å². The SMILES string of the molecule is O=[N+]([O-])c1ccsc1/C(O)=C(\O)c1sccc1[N+](=O)[O-].